The Morgan fingerprint density at radius 3 is 2.52 bits per heavy atom. The Hall–Kier alpha value is -2.94. The molecule has 6 nitrogen and oxygen atoms in total. The molecule has 0 bridgehead atoms. The third-order valence-corrected chi connectivity index (χ3v) is 7.27. The molecule has 31 heavy (non-hydrogen) atoms. The summed E-state index contributed by atoms with van der Waals surface area (Å²) in [7, 11) is -2.12. The van der Waals surface area contributed by atoms with Gasteiger partial charge in [0.2, 0.25) is 0 Å². The van der Waals surface area contributed by atoms with Crippen molar-refractivity contribution in [1.82, 2.24) is 4.90 Å². The quantitative estimate of drug-likeness (QED) is 0.675. The zero-order valence-electron chi connectivity index (χ0n) is 18.0. The number of amides is 2. The lowest BCUT2D eigenvalue weighted by molar-refractivity contribution is -0.121. The minimum atomic E-state index is -2.12. The van der Waals surface area contributed by atoms with E-state index in [1.807, 2.05) is 26.6 Å². The predicted octanol–water partition coefficient (Wildman–Crippen LogP) is 4.12. The second-order valence-electron chi connectivity index (χ2n) is 8.47. The Morgan fingerprint density at radius 2 is 1.90 bits per heavy atom. The first-order valence-electron chi connectivity index (χ1n) is 10.1. The molecule has 3 rings (SSSR count). The molecule has 0 saturated heterocycles. The van der Waals surface area contributed by atoms with Crippen molar-refractivity contribution in [1.29, 1.82) is 0 Å². The number of halogens is 2. The van der Waals surface area contributed by atoms with Crippen molar-refractivity contribution in [3.8, 4) is 5.75 Å². The Balaban J connectivity index is 1.96. The van der Waals surface area contributed by atoms with Crippen LogP contribution in [-0.4, -0.2) is 43.2 Å². The summed E-state index contributed by atoms with van der Waals surface area (Å²) in [6.45, 7) is 8.10. The van der Waals surface area contributed by atoms with E-state index in [9.17, 15) is 23.5 Å². The maximum atomic E-state index is 14.7. The average molecular weight is 449 g/mol. The normalized spacial score (nSPS) is 15.9. The topological polar surface area (TPSA) is 78.9 Å². The molecule has 0 aromatic heterocycles. The van der Waals surface area contributed by atoms with Crippen LogP contribution in [0.3, 0.4) is 0 Å². The van der Waals surface area contributed by atoms with Crippen molar-refractivity contribution in [2.45, 2.75) is 39.0 Å². The summed E-state index contributed by atoms with van der Waals surface area (Å²) in [5.74, 6) is -1.46. The smallest absolute Gasteiger partial charge is 0.408 e. The lowest BCUT2D eigenvalue weighted by Crippen LogP contribution is -2.45. The molecule has 2 N–H and O–H groups in total. The molecule has 1 aliphatic heterocycles. The number of ether oxygens (including phenoxy) is 1. The summed E-state index contributed by atoms with van der Waals surface area (Å²) in [4.78, 5) is 25.8. The Morgan fingerprint density at radius 1 is 1.19 bits per heavy atom. The summed E-state index contributed by atoms with van der Waals surface area (Å²) in [5.41, 5.74) is 0.964. The van der Waals surface area contributed by atoms with Crippen LogP contribution in [0.4, 0.5) is 19.3 Å². The van der Waals surface area contributed by atoms with Gasteiger partial charge in [-0.25, -0.2) is 13.6 Å². The summed E-state index contributed by atoms with van der Waals surface area (Å²) in [6, 6.07) is 5.99. The SMILES string of the molecule is CCOc1ccc2c(c1)CCN(C(=O)O)[C@@H]2C(=O)Nc1cc(F)c([Si](C)(C)C)cc1F. The van der Waals surface area contributed by atoms with Crippen molar-refractivity contribution in [3.05, 3.63) is 53.1 Å². The highest BCUT2D eigenvalue weighted by Crippen LogP contribution is 2.33. The van der Waals surface area contributed by atoms with Crippen LogP contribution in [0.2, 0.25) is 19.6 Å². The molecule has 1 atom stereocenters. The van der Waals surface area contributed by atoms with Crippen LogP contribution in [0.15, 0.2) is 30.3 Å². The molecule has 9 heteroatoms. The van der Waals surface area contributed by atoms with Crippen molar-refractivity contribution >= 4 is 30.9 Å². The molecule has 0 radical (unpaired) electrons. The number of carbonyl (C=O) groups excluding carboxylic acids is 1. The number of hydrogen-bond donors (Lipinski definition) is 2. The Labute approximate surface area is 180 Å². The van der Waals surface area contributed by atoms with Crippen LogP contribution >= 0.6 is 0 Å². The van der Waals surface area contributed by atoms with Gasteiger partial charge in [0.1, 0.15) is 23.4 Å². The van der Waals surface area contributed by atoms with E-state index in [1.165, 1.54) is 0 Å². The van der Waals surface area contributed by atoms with E-state index in [0.717, 1.165) is 22.6 Å². The lowest BCUT2D eigenvalue weighted by atomic mass is 9.92. The number of hydrogen-bond acceptors (Lipinski definition) is 3. The highest BCUT2D eigenvalue weighted by Gasteiger charge is 2.37. The first-order valence-corrected chi connectivity index (χ1v) is 13.6. The minimum absolute atomic E-state index is 0.0986. The lowest BCUT2D eigenvalue weighted by Gasteiger charge is -2.34. The molecule has 1 aliphatic rings. The minimum Gasteiger partial charge on any atom is -0.494 e. The summed E-state index contributed by atoms with van der Waals surface area (Å²) < 4.78 is 34.7. The van der Waals surface area contributed by atoms with Crippen molar-refractivity contribution in [2.75, 3.05) is 18.5 Å². The fourth-order valence-electron chi connectivity index (χ4n) is 3.77. The maximum absolute atomic E-state index is 14.7. The van der Waals surface area contributed by atoms with E-state index < -0.39 is 37.8 Å². The highest BCUT2D eigenvalue weighted by atomic mass is 28.3. The van der Waals surface area contributed by atoms with Crippen molar-refractivity contribution in [2.24, 2.45) is 0 Å². The van der Waals surface area contributed by atoms with Crippen LogP contribution in [0, 0.1) is 11.6 Å². The molecule has 0 unspecified atom stereocenters. The van der Waals surface area contributed by atoms with Crippen LogP contribution in [0.5, 0.6) is 5.75 Å². The molecule has 2 amide bonds. The number of nitrogens with one attached hydrogen (secondary N) is 1. The van der Waals surface area contributed by atoms with Gasteiger partial charge in [-0.2, -0.15) is 0 Å². The monoisotopic (exact) mass is 448 g/mol. The van der Waals surface area contributed by atoms with E-state index in [2.05, 4.69) is 5.32 Å². The molecule has 0 saturated carbocycles. The average Bonchev–Trinajstić information content (AvgIpc) is 2.68. The number of benzene rings is 2. The van der Waals surface area contributed by atoms with E-state index >= 15 is 0 Å². The molecule has 1 heterocycles. The van der Waals surface area contributed by atoms with Crippen LogP contribution in [-0.2, 0) is 11.2 Å². The molecule has 0 fully saturated rings. The summed E-state index contributed by atoms with van der Waals surface area (Å²) in [5, 5.41) is 12.3. The van der Waals surface area contributed by atoms with Gasteiger partial charge in [-0.15, -0.1) is 0 Å². The summed E-state index contributed by atoms with van der Waals surface area (Å²) in [6.07, 6.45) is -0.847. The van der Waals surface area contributed by atoms with Crippen LogP contribution < -0.4 is 15.2 Å². The largest absolute Gasteiger partial charge is 0.494 e. The van der Waals surface area contributed by atoms with Gasteiger partial charge in [0.15, 0.2) is 0 Å². The predicted molar refractivity (Wildman–Crippen MR) is 117 cm³/mol. The number of nitrogens with zero attached hydrogens (tertiary/aromatic N) is 1. The molecular formula is C22H26F2N2O4Si. The van der Waals surface area contributed by atoms with E-state index in [4.69, 9.17) is 4.74 Å². The molecule has 2 aromatic carbocycles. The van der Waals surface area contributed by atoms with Crippen LogP contribution in [0.1, 0.15) is 24.1 Å². The third kappa shape index (κ3) is 4.71. The van der Waals surface area contributed by atoms with Gasteiger partial charge in [0, 0.05) is 12.6 Å². The molecule has 0 spiro atoms. The molecule has 166 valence electrons. The molecular weight excluding hydrogens is 422 g/mol. The fourth-order valence-corrected chi connectivity index (χ4v) is 5.12. The van der Waals surface area contributed by atoms with E-state index in [0.29, 0.717) is 29.5 Å². The van der Waals surface area contributed by atoms with Crippen molar-refractivity contribution < 1.29 is 28.2 Å². The van der Waals surface area contributed by atoms with Crippen LogP contribution in [0.25, 0.3) is 0 Å². The van der Waals surface area contributed by atoms with Gasteiger partial charge in [-0.1, -0.05) is 25.7 Å². The van der Waals surface area contributed by atoms with Gasteiger partial charge in [0.25, 0.3) is 5.91 Å². The standard InChI is InChI=1S/C22H26F2N2O4Si/c1-5-30-14-6-7-15-13(10-14)8-9-26(22(28)29)20(15)21(27)25-18-11-17(24)19(12-16(18)23)31(2,3)4/h6-7,10-12,20H,5,8-9H2,1-4H3,(H,25,27)(H,28,29)/t20-/m0/s1. The number of fused-ring (bicyclic) bond motifs is 1. The van der Waals surface area contributed by atoms with Gasteiger partial charge in [0.05, 0.1) is 20.4 Å². The first kappa shape index (κ1) is 22.7. The highest BCUT2D eigenvalue weighted by molar-refractivity contribution is 6.88. The first-order chi connectivity index (χ1) is 14.5. The Bertz CT molecular complexity index is 1020. The summed E-state index contributed by atoms with van der Waals surface area (Å²) >= 11 is 0. The third-order valence-electron chi connectivity index (χ3n) is 5.27. The number of carbonyl (C=O) groups is 2. The number of carboxylic acid groups (broad SMARTS) is 1. The zero-order valence-corrected chi connectivity index (χ0v) is 19.0. The zero-order chi connectivity index (χ0) is 22.9. The van der Waals surface area contributed by atoms with Gasteiger partial charge in [-0.05, 0) is 47.9 Å². The van der Waals surface area contributed by atoms with E-state index in [1.54, 1.807) is 18.2 Å². The van der Waals surface area contributed by atoms with Gasteiger partial charge >= 0.3 is 6.09 Å². The number of rotatable bonds is 5. The van der Waals surface area contributed by atoms with Gasteiger partial charge in [-0.3, -0.25) is 9.69 Å². The fraction of sp³-hybridized carbons (Fsp3) is 0.364. The maximum Gasteiger partial charge on any atom is 0.408 e. The second-order valence-corrected chi connectivity index (χ2v) is 13.5. The second kappa shape index (κ2) is 8.66. The van der Waals surface area contributed by atoms with Crippen molar-refractivity contribution in [3.63, 3.8) is 0 Å². The molecule has 0 aliphatic carbocycles. The number of anilines is 1. The van der Waals surface area contributed by atoms with E-state index in [-0.39, 0.29) is 12.2 Å². The Kier molecular flexibility index (Phi) is 6.35. The molecule has 2 aromatic rings. The van der Waals surface area contributed by atoms with Gasteiger partial charge < -0.3 is 15.2 Å².